The molecule has 0 spiro atoms. The molecule has 0 saturated carbocycles. The Morgan fingerprint density at radius 2 is 1.44 bits per heavy atom. The summed E-state index contributed by atoms with van der Waals surface area (Å²) in [7, 11) is 0. The minimum absolute atomic E-state index is 0.0623. The van der Waals surface area contributed by atoms with Crippen LogP contribution in [0.15, 0.2) is 84.9 Å². The number of benzene rings is 3. The van der Waals surface area contributed by atoms with Crippen LogP contribution in [0.1, 0.15) is 22.9 Å². The topological polar surface area (TPSA) is 15.3 Å². The van der Waals surface area contributed by atoms with E-state index < -0.39 is 0 Å². The Bertz CT molecular complexity index is 861. The molecule has 1 aliphatic rings. The van der Waals surface area contributed by atoms with Crippen LogP contribution in [0.2, 0.25) is 0 Å². The van der Waals surface area contributed by atoms with E-state index in [0.29, 0.717) is 0 Å². The van der Waals surface area contributed by atoms with Crippen LogP contribution >= 0.6 is 12.2 Å². The molecule has 0 aromatic heterocycles. The van der Waals surface area contributed by atoms with Crippen LogP contribution in [0.3, 0.4) is 0 Å². The third kappa shape index (κ3) is 3.28. The molecule has 3 heteroatoms. The SMILES string of the molecule is S=C1c2ccccc2NC(c2ccccc2)N1CCc1ccccc1. The van der Waals surface area contributed by atoms with Crippen molar-refractivity contribution in [3.8, 4) is 0 Å². The first-order valence-corrected chi connectivity index (χ1v) is 8.99. The molecule has 1 heterocycles. The van der Waals surface area contributed by atoms with Gasteiger partial charge in [-0.15, -0.1) is 0 Å². The minimum Gasteiger partial charge on any atom is -0.361 e. The monoisotopic (exact) mass is 344 g/mol. The zero-order chi connectivity index (χ0) is 17.1. The Kier molecular flexibility index (Phi) is 4.49. The maximum atomic E-state index is 5.86. The summed E-state index contributed by atoms with van der Waals surface area (Å²) >= 11 is 5.86. The zero-order valence-electron chi connectivity index (χ0n) is 13.9. The quantitative estimate of drug-likeness (QED) is 0.668. The predicted octanol–water partition coefficient (Wildman–Crippen LogP) is 5.03. The van der Waals surface area contributed by atoms with Crippen LogP contribution in [0.4, 0.5) is 5.69 Å². The van der Waals surface area contributed by atoms with Crippen LogP contribution in [0.5, 0.6) is 0 Å². The number of nitrogens with one attached hydrogen (secondary N) is 1. The second-order valence-corrected chi connectivity index (χ2v) is 6.62. The second-order valence-electron chi connectivity index (χ2n) is 6.24. The van der Waals surface area contributed by atoms with Crippen LogP contribution in [0.25, 0.3) is 0 Å². The number of hydrogen-bond acceptors (Lipinski definition) is 2. The van der Waals surface area contributed by atoms with Gasteiger partial charge in [0.1, 0.15) is 11.2 Å². The molecular formula is C22H20N2S. The fourth-order valence-corrected chi connectivity index (χ4v) is 3.69. The lowest BCUT2D eigenvalue weighted by atomic mass is 10.0. The molecule has 0 saturated heterocycles. The third-order valence-corrected chi connectivity index (χ3v) is 5.08. The highest BCUT2D eigenvalue weighted by Gasteiger charge is 2.29. The van der Waals surface area contributed by atoms with E-state index in [1.54, 1.807) is 0 Å². The maximum Gasteiger partial charge on any atom is 0.126 e. The van der Waals surface area contributed by atoms with Gasteiger partial charge in [-0.2, -0.15) is 0 Å². The molecular weight excluding hydrogens is 324 g/mol. The summed E-state index contributed by atoms with van der Waals surface area (Å²) in [5.41, 5.74) is 4.78. The minimum atomic E-state index is 0.0623. The molecule has 3 aromatic rings. The van der Waals surface area contributed by atoms with Crippen molar-refractivity contribution in [2.45, 2.75) is 12.6 Å². The molecule has 1 aliphatic heterocycles. The Labute approximate surface area is 154 Å². The number of hydrogen-bond donors (Lipinski definition) is 1. The number of thiocarbonyl (C=S) groups is 1. The Morgan fingerprint density at radius 3 is 2.20 bits per heavy atom. The van der Waals surface area contributed by atoms with Gasteiger partial charge in [0.05, 0.1) is 0 Å². The van der Waals surface area contributed by atoms with Crippen molar-refractivity contribution in [1.29, 1.82) is 0 Å². The van der Waals surface area contributed by atoms with Crippen LogP contribution in [-0.2, 0) is 6.42 Å². The first kappa shape index (κ1) is 15.9. The van der Waals surface area contributed by atoms with E-state index in [0.717, 1.165) is 29.2 Å². The summed E-state index contributed by atoms with van der Waals surface area (Å²) in [4.78, 5) is 3.22. The fourth-order valence-electron chi connectivity index (χ4n) is 3.32. The van der Waals surface area contributed by atoms with Gasteiger partial charge in [-0.05, 0) is 29.7 Å². The largest absolute Gasteiger partial charge is 0.361 e. The van der Waals surface area contributed by atoms with Gasteiger partial charge in [0.2, 0.25) is 0 Å². The molecule has 1 N–H and O–H groups in total. The number of para-hydroxylation sites is 1. The summed E-state index contributed by atoms with van der Waals surface area (Å²) in [6.45, 7) is 0.879. The van der Waals surface area contributed by atoms with Crippen molar-refractivity contribution in [2.75, 3.05) is 11.9 Å². The summed E-state index contributed by atoms with van der Waals surface area (Å²) in [5.74, 6) is 0. The van der Waals surface area contributed by atoms with Gasteiger partial charge < -0.3 is 10.2 Å². The number of rotatable bonds is 4. The van der Waals surface area contributed by atoms with Gasteiger partial charge in [0.15, 0.2) is 0 Å². The highest BCUT2D eigenvalue weighted by molar-refractivity contribution is 7.80. The predicted molar refractivity (Wildman–Crippen MR) is 108 cm³/mol. The van der Waals surface area contributed by atoms with Gasteiger partial charge >= 0.3 is 0 Å². The summed E-state index contributed by atoms with van der Waals surface area (Å²) in [5, 5.41) is 3.67. The van der Waals surface area contributed by atoms with Crippen molar-refractivity contribution < 1.29 is 0 Å². The zero-order valence-corrected chi connectivity index (χ0v) is 14.7. The van der Waals surface area contributed by atoms with Crippen LogP contribution < -0.4 is 5.32 Å². The Morgan fingerprint density at radius 1 is 0.800 bits per heavy atom. The average molecular weight is 344 g/mol. The van der Waals surface area contributed by atoms with E-state index in [2.05, 4.69) is 83.0 Å². The molecule has 0 radical (unpaired) electrons. The molecule has 124 valence electrons. The Balaban J connectivity index is 1.66. The lowest BCUT2D eigenvalue weighted by Crippen LogP contribution is -2.43. The second kappa shape index (κ2) is 7.08. The molecule has 0 fully saturated rings. The van der Waals surface area contributed by atoms with E-state index in [4.69, 9.17) is 12.2 Å². The van der Waals surface area contributed by atoms with Crippen molar-refractivity contribution in [2.24, 2.45) is 0 Å². The highest BCUT2D eigenvalue weighted by atomic mass is 32.1. The highest BCUT2D eigenvalue weighted by Crippen LogP contribution is 2.33. The molecule has 2 nitrogen and oxygen atoms in total. The molecule has 4 rings (SSSR count). The molecule has 25 heavy (non-hydrogen) atoms. The lowest BCUT2D eigenvalue weighted by Gasteiger charge is -2.40. The van der Waals surface area contributed by atoms with Crippen molar-refractivity contribution in [3.05, 3.63) is 102 Å². The van der Waals surface area contributed by atoms with E-state index >= 15 is 0 Å². The molecule has 0 aliphatic carbocycles. The van der Waals surface area contributed by atoms with Gasteiger partial charge in [0, 0.05) is 17.8 Å². The normalized spacial score (nSPS) is 16.2. The smallest absolute Gasteiger partial charge is 0.126 e. The van der Waals surface area contributed by atoms with Gasteiger partial charge in [-0.1, -0.05) is 85.0 Å². The lowest BCUT2D eigenvalue weighted by molar-refractivity contribution is 0.349. The first-order valence-electron chi connectivity index (χ1n) is 8.58. The van der Waals surface area contributed by atoms with Gasteiger partial charge in [-0.25, -0.2) is 0 Å². The van der Waals surface area contributed by atoms with Gasteiger partial charge in [0.25, 0.3) is 0 Å². The number of nitrogens with zero attached hydrogens (tertiary/aromatic N) is 1. The molecule has 0 amide bonds. The van der Waals surface area contributed by atoms with Crippen LogP contribution in [-0.4, -0.2) is 16.4 Å². The van der Waals surface area contributed by atoms with Gasteiger partial charge in [-0.3, -0.25) is 0 Å². The van der Waals surface area contributed by atoms with Crippen molar-refractivity contribution in [3.63, 3.8) is 0 Å². The molecule has 1 atom stereocenters. The van der Waals surface area contributed by atoms with Crippen molar-refractivity contribution >= 4 is 22.9 Å². The fraction of sp³-hybridized carbons (Fsp3) is 0.136. The van der Waals surface area contributed by atoms with Crippen molar-refractivity contribution in [1.82, 2.24) is 4.90 Å². The van der Waals surface area contributed by atoms with E-state index in [9.17, 15) is 0 Å². The summed E-state index contributed by atoms with van der Waals surface area (Å²) in [6.07, 6.45) is 1.03. The third-order valence-electron chi connectivity index (χ3n) is 4.62. The van der Waals surface area contributed by atoms with E-state index in [1.807, 2.05) is 12.1 Å². The maximum absolute atomic E-state index is 5.86. The first-order chi connectivity index (χ1) is 12.3. The molecule has 0 bridgehead atoms. The molecule has 1 unspecified atom stereocenters. The van der Waals surface area contributed by atoms with E-state index in [-0.39, 0.29) is 6.17 Å². The number of anilines is 1. The number of fused-ring (bicyclic) bond motifs is 1. The summed E-state index contributed by atoms with van der Waals surface area (Å²) < 4.78 is 0. The van der Waals surface area contributed by atoms with E-state index in [1.165, 1.54) is 11.1 Å². The summed E-state index contributed by atoms with van der Waals surface area (Å²) in [6, 6.07) is 29.4. The average Bonchev–Trinajstić information content (AvgIpc) is 2.69. The van der Waals surface area contributed by atoms with Crippen LogP contribution in [0, 0.1) is 0 Å². The molecule has 3 aromatic carbocycles. The standard InChI is InChI=1S/C22H20N2S/c25-22-19-13-7-8-14-20(19)23-21(18-11-5-2-6-12-18)24(22)16-15-17-9-3-1-4-10-17/h1-14,21,23H,15-16H2. The Hall–Kier alpha value is -2.65.